The van der Waals surface area contributed by atoms with Crippen molar-refractivity contribution in [2.75, 3.05) is 25.6 Å². The van der Waals surface area contributed by atoms with Crippen LogP contribution in [0.4, 0.5) is 5.82 Å². The zero-order valence-corrected chi connectivity index (χ0v) is 23.5. The molecule has 0 spiro atoms. The number of hydrogen-bond acceptors (Lipinski definition) is 9. The fraction of sp³-hybridized carbons (Fsp3) is 0.259. The van der Waals surface area contributed by atoms with Crippen molar-refractivity contribution in [3.8, 4) is 17.2 Å². The summed E-state index contributed by atoms with van der Waals surface area (Å²) >= 11 is 0. The van der Waals surface area contributed by atoms with E-state index in [2.05, 4.69) is 21.6 Å². The van der Waals surface area contributed by atoms with Crippen molar-refractivity contribution in [3.05, 3.63) is 70.4 Å². The molecule has 3 N–H and O–H groups in total. The second-order valence-corrected chi connectivity index (χ2v) is 10.6. The molecule has 2 atom stereocenters. The number of aromatic nitrogens is 4. The van der Waals surface area contributed by atoms with Crippen LogP contribution in [0.2, 0.25) is 0 Å². The molecule has 1 aromatic carbocycles. The normalized spacial score (nSPS) is 12.1. The summed E-state index contributed by atoms with van der Waals surface area (Å²) in [4.78, 5) is 46.6. The number of hydrogen-bond donors (Lipinski definition) is 2. The number of fused-ring (bicyclic) bond motifs is 1. The summed E-state index contributed by atoms with van der Waals surface area (Å²) in [5.41, 5.74) is 5.92. The van der Waals surface area contributed by atoms with Crippen molar-refractivity contribution < 1.29 is 23.8 Å². The van der Waals surface area contributed by atoms with Crippen LogP contribution >= 0.6 is 7.70 Å². The molecule has 4 rings (SSSR count). The molecule has 40 heavy (non-hydrogen) atoms. The molecule has 0 radical (unpaired) electrons. The highest BCUT2D eigenvalue weighted by Gasteiger charge is 2.28. The van der Waals surface area contributed by atoms with Gasteiger partial charge >= 0.3 is 11.5 Å². The standard InChI is InChI=1S/C27H29N6O6P/c1-16(38-24(34)13-28)15-32-17(2)25(27(36)33(32)40(4)5)26(35)31-23-9-7-19(14-30-23)39-22-10-11-29-21-12-18(37-3)6-8-20(21)22/h6-12,14,16H,4,13,15,28H2,1-3,5H3/p+1. The highest BCUT2D eigenvalue weighted by Crippen LogP contribution is 2.31. The maximum absolute atomic E-state index is 13.2. The van der Waals surface area contributed by atoms with Gasteiger partial charge in [-0.1, -0.05) is 4.45 Å². The molecule has 0 saturated heterocycles. The van der Waals surface area contributed by atoms with Gasteiger partial charge in [-0.05, 0) is 44.2 Å². The first kappa shape index (κ1) is 28.5. The summed E-state index contributed by atoms with van der Waals surface area (Å²) in [7, 11) is 0.402. The molecule has 0 aliphatic rings. The lowest BCUT2D eigenvalue weighted by Gasteiger charge is -2.15. The van der Waals surface area contributed by atoms with E-state index in [0.717, 1.165) is 5.39 Å². The minimum Gasteiger partial charge on any atom is -0.497 e. The van der Waals surface area contributed by atoms with Crippen LogP contribution in [0.1, 0.15) is 23.0 Å². The maximum atomic E-state index is 13.2. The molecule has 3 aromatic heterocycles. The van der Waals surface area contributed by atoms with E-state index in [1.54, 1.807) is 56.7 Å². The number of anilines is 1. The second kappa shape index (κ2) is 12.1. The van der Waals surface area contributed by atoms with E-state index in [9.17, 15) is 14.4 Å². The summed E-state index contributed by atoms with van der Waals surface area (Å²) in [5, 5.41) is 3.47. The topological polar surface area (TPSA) is 153 Å². The summed E-state index contributed by atoms with van der Waals surface area (Å²) in [6.45, 7) is 5.02. The smallest absolute Gasteiger partial charge is 0.321 e. The molecule has 0 fully saturated rings. The van der Waals surface area contributed by atoms with E-state index >= 15 is 0 Å². The largest absolute Gasteiger partial charge is 0.497 e. The molecular formula is C27H30N6O6P+. The molecule has 1 amide bonds. The highest BCUT2D eigenvalue weighted by atomic mass is 31.1. The average molecular weight is 566 g/mol. The van der Waals surface area contributed by atoms with Crippen molar-refractivity contribution in [1.29, 1.82) is 0 Å². The molecule has 13 heteroatoms. The Morgan fingerprint density at radius 1 is 1.18 bits per heavy atom. The lowest BCUT2D eigenvalue weighted by atomic mass is 10.2. The van der Waals surface area contributed by atoms with Crippen LogP contribution in [0.3, 0.4) is 0 Å². The van der Waals surface area contributed by atoms with Gasteiger partial charge in [-0.3, -0.25) is 19.4 Å². The fourth-order valence-electron chi connectivity index (χ4n) is 4.14. The van der Waals surface area contributed by atoms with Crippen LogP contribution in [-0.2, 0) is 16.1 Å². The first-order valence-corrected chi connectivity index (χ1v) is 14.2. The van der Waals surface area contributed by atoms with E-state index < -0.39 is 31.2 Å². The van der Waals surface area contributed by atoms with Crippen LogP contribution in [0.15, 0.2) is 53.6 Å². The van der Waals surface area contributed by atoms with Crippen molar-refractivity contribution in [3.63, 3.8) is 0 Å². The van der Waals surface area contributed by atoms with E-state index in [0.29, 0.717) is 28.5 Å². The summed E-state index contributed by atoms with van der Waals surface area (Å²) in [6, 6.07) is 10.5. The van der Waals surface area contributed by atoms with Crippen molar-refractivity contribution in [2.24, 2.45) is 5.73 Å². The predicted octanol–water partition coefficient (Wildman–Crippen LogP) is 3.15. The number of rotatable bonds is 10. The third kappa shape index (κ3) is 6.03. The quantitative estimate of drug-likeness (QED) is 0.218. The number of nitrogens with one attached hydrogen (secondary N) is 1. The van der Waals surface area contributed by atoms with Crippen LogP contribution in [0, 0.1) is 6.92 Å². The molecule has 12 nitrogen and oxygen atoms in total. The van der Waals surface area contributed by atoms with Gasteiger partial charge in [0.05, 0.1) is 43.9 Å². The average Bonchev–Trinajstić information content (AvgIpc) is 3.18. The van der Waals surface area contributed by atoms with Gasteiger partial charge in [0, 0.05) is 17.6 Å². The highest BCUT2D eigenvalue weighted by molar-refractivity contribution is 7.53. The molecule has 4 aromatic rings. The van der Waals surface area contributed by atoms with Gasteiger partial charge in [-0.2, -0.15) is 0 Å². The molecule has 3 heterocycles. The Kier molecular flexibility index (Phi) is 8.61. The molecular weight excluding hydrogens is 535 g/mol. The maximum Gasteiger partial charge on any atom is 0.321 e. The van der Waals surface area contributed by atoms with Gasteiger partial charge in [-0.25, -0.2) is 9.67 Å². The van der Waals surface area contributed by atoms with Crippen molar-refractivity contribution in [1.82, 2.24) is 19.1 Å². The predicted molar refractivity (Wildman–Crippen MR) is 154 cm³/mol. The lowest BCUT2D eigenvalue weighted by Crippen LogP contribution is -2.28. The Morgan fingerprint density at radius 2 is 1.93 bits per heavy atom. The SMILES string of the molecule is C=[P+](C)n1c(=O)c(C(=O)Nc2ccc(Oc3ccnc4cc(OC)ccc34)cn2)c(C)n1CC(C)OC(=O)CN. The molecule has 208 valence electrons. The minimum atomic E-state index is -1.19. The summed E-state index contributed by atoms with van der Waals surface area (Å²) in [6.07, 6.45) is 6.52. The first-order chi connectivity index (χ1) is 19.1. The summed E-state index contributed by atoms with van der Waals surface area (Å²) < 4.78 is 19.5. The van der Waals surface area contributed by atoms with E-state index in [-0.39, 0.29) is 24.5 Å². The van der Waals surface area contributed by atoms with Gasteiger partial charge in [0.2, 0.25) is 7.70 Å². The van der Waals surface area contributed by atoms with E-state index in [1.165, 1.54) is 10.6 Å². The van der Waals surface area contributed by atoms with Gasteiger partial charge in [0.25, 0.3) is 5.91 Å². The van der Waals surface area contributed by atoms with Gasteiger partial charge in [0.1, 0.15) is 41.4 Å². The molecule has 0 saturated carbocycles. The number of amides is 1. The molecule has 0 aliphatic carbocycles. The van der Waals surface area contributed by atoms with Crippen LogP contribution in [0.5, 0.6) is 17.2 Å². The van der Waals surface area contributed by atoms with Crippen LogP contribution in [-0.4, -0.2) is 63.7 Å². The Balaban J connectivity index is 1.53. The Hall–Kier alpha value is -4.54. The number of nitrogens with zero attached hydrogens (tertiary/aromatic N) is 4. The minimum absolute atomic E-state index is 0.0452. The number of nitrogens with two attached hydrogens (primary N) is 1. The van der Waals surface area contributed by atoms with Gasteiger partial charge < -0.3 is 25.3 Å². The Bertz CT molecular complexity index is 1650. The number of carbonyl (C=O) groups excluding carboxylic acids is 2. The van der Waals surface area contributed by atoms with Crippen LogP contribution in [0.25, 0.3) is 10.9 Å². The summed E-state index contributed by atoms with van der Waals surface area (Å²) in [5.74, 6) is 0.770. The lowest BCUT2D eigenvalue weighted by molar-refractivity contribution is -0.147. The number of esters is 1. The molecule has 0 aliphatic heterocycles. The number of pyridine rings is 2. The molecule has 0 bridgehead atoms. The Labute approximate surface area is 231 Å². The second-order valence-electron chi connectivity index (χ2n) is 8.93. The van der Waals surface area contributed by atoms with Crippen LogP contribution < -0.4 is 26.1 Å². The number of benzene rings is 1. The number of methoxy groups -OCH3 is 1. The zero-order valence-electron chi connectivity index (χ0n) is 22.6. The van der Waals surface area contributed by atoms with Crippen molar-refractivity contribution >= 4 is 42.6 Å². The van der Waals surface area contributed by atoms with E-state index in [4.69, 9.17) is 19.9 Å². The van der Waals surface area contributed by atoms with Gasteiger partial charge in [-0.15, -0.1) is 0 Å². The first-order valence-electron chi connectivity index (χ1n) is 12.3. The number of carbonyl (C=O) groups is 2. The molecule has 2 unspecified atom stereocenters. The fourth-order valence-corrected chi connectivity index (χ4v) is 5.13. The zero-order chi connectivity index (χ0) is 29.0. The Morgan fingerprint density at radius 3 is 2.58 bits per heavy atom. The third-order valence-electron chi connectivity index (χ3n) is 5.97. The number of ether oxygens (including phenoxy) is 3. The third-order valence-corrected chi connectivity index (χ3v) is 7.01. The van der Waals surface area contributed by atoms with Gasteiger partial charge in [0.15, 0.2) is 0 Å². The van der Waals surface area contributed by atoms with E-state index in [1.807, 2.05) is 18.2 Å². The monoisotopic (exact) mass is 565 g/mol. The van der Waals surface area contributed by atoms with Crippen molar-refractivity contribution in [2.45, 2.75) is 26.5 Å².